The molecule has 4 saturated carbocycles. The van der Waals surface area contributed by atoms with Gasteiger partial charge in [-0.15, -0.1) is 6.58 Å². The van der Waals surface area contributed by atoms with Crippen LogP contribution >= 0.6 is 0 Å². The van der Waals surface area contributed by atoms with Gasteiger partial charge in [0.05, 0.1) is 0 Å². The quantitative estimate of drug-likeness (QED) is 0.158. The van der Waals surface area contributed by atoms with E-state index in [1.165, 1.54) is 0 Å². The minimum absolute atomic E-state index is 0.00650. The number of carbonyl (C=O) groups excluding carboxylic acids is 5. The average molecular weight is 885 g/mol. The topological polar surface area (TPSA) is 175 Å². The Hall–Kier alpha value is -3.04. The van der Waals surface area contributed by atoms with Crippen LogP contribution in [0.1, 0.15) is 152 Å². The maximum absolute atomic E-state index is 15.7. The maximum Gasteiger partial charge on any atom is 0.408 e. The van der Waals surface area contributed by atoms with Crippen molar-refractivity contribution in [2.75, 3.05) is 32.8 Å². The van der Waals surface area contributed by atoms with Gasteiger partial charge in [0.1, 0.15) is 29.3 Å². The zero-order valence-corrected chi connectivity index (χ0v) is 39.7. The molecule has 4 aliphatic carbocycles. The first-order valence-corrected chi connectivity index (χ1v) is 24.8. The highest BCUT2D eigenvalue weighted by molar-refractivity contribution is 7.81. The first-order chi connectivity index (χ1) is 29.1. The SMILES string of the molecule is C=CC1CC1(NC(=O)C1CC2(CN1C(=O)C(NC(=O)C(NC(=O)OC(C)(C)C)C1(C)CCCCC1)C1(C)CCOCC1)C(C)(C)C21CCC1)C(=O)NS(=O)N1CCC(CCC)C1. The van der Waals surface area contributed by atoms with Gasteiger partial charge in [-0.2, -0.15) is 0 Å². The number of rotatable bonds is 14. The number of likely N-dealkylation sites (tertiary alicyclic amines) is 1. The molecule has 8 atom stereocenters. The predicted molar refractivity (Wildman–Crippen MR) is 237 cm³/mol. The Kier molecular flexibility index (Phi) is 12.9. The van der Waals surface area contributed by atoms with Crippen LogP contribution < -0.4 is 20.7 Å². The second-order valence-corrected chi connectivity index (χ2v) is 23.6. The van der Waals surface area contributed by atoms with E-state index >= 15 is 9.59 Å². The summed E-state index contributed by atoms with van der Waals surface area (Å²) >= 11 is -1.76. The number of hydrogen-bond acceptors (Lipinski definition) is 8. The third kappa shape index (κ3) is 8.26. The van der Waals surface area contributed by atoms with Crippen molar-refractivity contribution in [2.45, 2.75) is 181 Å². The Morgan fingerprint density at radius 1 is 0.887 bits per heavy atom. The Morgan fingerprint density at radius 2 is 1.55 bits per heavy atom. The Balaban J connectivity index is 1.18. The molecule has 0 aromatic rings. The van der Waals surface area contributed by atoms with E-state index in [-0.39, 0.29) is 28.1 Å². The monoisotopic (exact) mass is 885 g/mol. The van der Waals surface area contributed by atoms with Crippen LogP contribution in [0.15, 0.2) is 12.7 Å². The fraction of sp³-hybridized carbons (Fsp3) is 0.851. The fourth-order valence-corrected chi connectivity index (χ4v) is 14.0. The first-order valence-electron chi connectivity index (χ1n) is 23.7. The molecule has 62 heavy (non-hydrogen) atoms. The zero-order chi connectivity index (χ0) is 45.1. The Morgan fingerprint density at radius 3 is 2.11 bits per heavy atom. The molecule has 3 saturated heterocycles. The summed E-state index contributed by atoms with van der Waals surface area (Å²) in [5.74, 6) is -1.66. The molecule has 3 aliphatic heterocycles. The summed E-state index contributed by atoms with van der Waals surface area (Å²) in [5.41, 5.74) is -3.88. The number of hydrogen-bond donors (Lipinski definition) is 4. The predicted octanol–water partition coefficient (Wildman–Crippen LogP) is 5.83. The summed E-state index contributed by atoms with van der Waals surface area (Å²) in [7, 11) is 0. The highest BCUT2D eigenvalue weighted by atomic mass is 32.2. The van der Waals surface area contributed by atoms with Crippen molar-refractivity contribution in [1.29, 1.82) is 0 Å². The summed E-state index contributed by atoms with van der Waals surface area (Å²) in [6.07, 6.45) is 13.2. The third-order valence-corrected chi connectivity index (χ3v) is 18.5. The van der Waals surface area contributed by atoms with E-state index in [0.717, 1.165) is 70.6 Å². The molecule has 2 spiro atoms. The number of nitrogens with one attached hydrogen (secondary N) is 4. The molecule has 0 radical (unpaired) electrons. The number of ether oxygens (including phenoxy) is 2. The lowest BCUT2D eigenvalue weighted by Gasteiger charge is -2.44. The van der Waals surface area contributed by atoms with Crippen LogP contribution in [0.2, 0.25) is 0 Å². The molecule has 7 rings (SSSR count). The number of carbonyl (C=O) groups is 5. The largest absolute Gasteiger partial charge is 0.444 e. The van der Waals surface area contributed by atoms with Gasteiger partial charge >= 0.3 is 6.09 Å². The summed E-state index contributed by atoms with van der Waals surface area (Å²) in [4.78, 5) is 74.8. The van der Waals surface area contributed by atoms with Crippen LogP contribution in [-0.4, -0.2) is 105 Å². The lowest BCUT2D eigenvalue weighted by Crippen LogP contribution is -2.65. The van der Waals surface area contributed by atoms with E-state index in [2.05, 4.69) is 48.0 Å². The highest BCUT2D eigenvalue weighted by Crippen LogP contribution is 2.88. The summed E-state index contributed by atoms with van der Waals surface area (Å²) in [5, 5.41) is 9.27. The molecule has 4 N–H and O–H groups in total. The molecular formula is C47H76N6O8S. The number of nitrogens with zero attached hydrogens (tertiary/aromatic N) is 2. The normalized spacial score (nSPS) is 33.0. The molecule has 7 fully saturated rings. The second-order valence-electron chi connectivity index (χ2n) is 22.3. The van der Waals surface area contributed by atoms with Crippen molar-refractivity contribution in [3.63, 3.8) is 0 Å². The number of fused-ring (bicyclic) bond motifs is 1. The van der Waals surface area contributed by atoms with Gasteiger partial charge in [-0.25, -0.2) is 13.3 Å². The molecule has 8 unspecified atom stereocenters. The molecule has 5 amide bonds. The van der Waals surface area contributed by atoms with Crippen molar-refractivity contribution >= 4 is 40.9 Å². The van der Waals surface area contributed by atoms with Crippen LogP contribution in [-0.2, 0) is 39.8 Å². The van der Waals surface area contributed by atoms with E-state index < -0.39 is 75.1 Å². The molecule has 0 aromatic carbocycles. The van der Waals surface area contributed by atoms with Crippen LogP contribution in [0, 0.1) is 38.9 Å². The maximum atomic E-state index is 15.7. The van der Waals surface area contributed by atoms with Crippen molar-refractivity contribution in [1.82, 2.24) is 29.9 Å². The Bertz CT molecular complexity index is 1800. The number of amides is 5. The van der Waals surface area contributed by atoms with Gasteiger partial charge in [0.2, 0.25) is 17.7 Å². The fourth-order valence-electron chi connectivity index (χ4n) is 12.9. The molecule has 14 nitrogen and oxygen atoms in total. The van der Waals surface area contributed by atoms with Gasteiger partial charge in [0.25, 0.3) is 5.91 Å². The molecule has 7 aliphatic rings. The van der Waals surface area contributed by atoms with Crippen LogP contribution in [0.3, 0.4) is 0 Å². The number of alkyl carbamates (subject to hydrolysis) is 1. The first kappa shape index (κ1) is 46.9. The van der Waals surface area contributed by atoms with Gasteiger partial charge in [-0.1, -0.05) is 72.8 Å². The van der Waals surface area contributed by atoms with Crippen molar-refractivity contribution < 1.29 is 37.7 Å². The summed E-state index contributed by atoms with van der Waals surface area (Å²) in [6, 6.07) is -2.91. The van der Waals surface area contributed by atoms with E-state index in [9.17, 15) is 18.6 Å². The van der Waals surface area contributed by atoms with Crippen molar-refractivity contribution in [3.8, 4) is 0 Å². The van der Waals surface area contributed by atoms with Gasteiger partial charge in [0.15, 0.2) is 11.2 Å². The minimum Gasteiger partial charge on any atom is -0.444 e. The van der Waals surface area contributed by atoms with E-state index in [0.29, 0.717) is 64.4 Å². The zero-order valence-electron chi connectivity index (χ0n) is 38.9. The molecule has 0 aromatic heterocycles. The van der Waals surface area contributed by atoms with E-state index in [1.54, 1.807) is 36.1 Å². The second kappa shape index (κ2) is 17.1. The van der Waals surface area contributed by atoms with Crippen molar-refractivity contribution in [3.05, 3.63) is 12.7 Å². The van der Waals surface area contributed by atoms with Gasteiger partial charge in [0, 0.05) is 49.6 Å². The van der Waals surface area contributed by atoms with Gasteiger partial charge < -0.3 is 30.3 Å². The van der Waals surface area contributed by atoms with E-state index in [4.69, 9.17) is 9.47 Å². The third-order valence-electron chi connectivity index (χ3n) is 17.3. The highest BCUT2D eigenvalue weighted by Gasteiger charge is 2.85. The molecule has 348 valence electrons. The van der Waals surface area contributed by atoms with Crippen LogP contribution in [0.5, 0.6) is 0 Å². The average Bonchev–Trinajstić information content (AvgIpc) is 3.71. The minimum atomic E-state index is -1.76. The van der Waals surface area contributed by atoms with Crippen LogP contribution in [0.4, 0.5) is 4.79 Å². The van der Waals surface area contributed by atoms with Gasteiger partial charge in [-0.3, -0.25) is 23.9 Å². The summed E-state index contributed by atoms with van der Waals surface area (Å²) in [6.45, 7) is 22.4. The lowest BCUT2D eigenvalue weighted by atomic mass is 9.69. The molecule has 3 heterocycles. The van der Waals surface area contributed by atoms with Gasteiger partial charge in [-0.05, 0) is 107 Å². The van der Waals surface area contributed by atoms with Crippen LogP contribution in [0.25, 0.3) is 0 Å². The van der Waals surface area contributed by atoms with E-state index in [1.807, 2.05) is 13.8 Å². The molecular weight excluding hydrogens is 809 g/mol. The lowest BCUT2D eigenvalue weighted by molar-refractivity contribution is -0.147. The smallest absolute Gasteiger partial charge is 0.408 e. The molecule has 15 heteroatoms. The summed E-state index contributed by atoms with van der Waals surface area (Å²) < 4.78 is 29.5. The Labute approximate surface area is 372 Å². The van der Waals surface area contributed by atoms with Crippen molar-refractivity contribution in [2.24, 2.45) is 38.9 Å². The molecule has 0 bridgehead atoms. The standard InChI is InChI=1S/C47H76N6O8S/c1-10-16-31-17-24-52(29-31)62(59)51-39(57)47(27-32(47)11-2)50-36(54)33-28-46(42(6,7)45(46)20-15-21-45)30-53(33)38(56)35(44(9)22-25-60-26-23-44)48-37(55)34(43(8)18-13-12-14-19-43)49-40(58)61-41(3,4)5/h11,31-35H,2,10,12-30H2,1,3-9H3,(H,48,55)(H,49,58)(H,50,54)(H,51,57).